The Morgan fingerprint density at radius 2 is 2.11 bits per heavy atom. The van der Waals surface area contributed by atoms with Crippen LogP contribution in [-0.4, -0.2) is 30.2 Å². The summed E-state index contributed by atoms with van der Waals surface area (Å²) < 4.78 is 26.2. The summed E-state index contributed by atoms with van der Waals surface area (Å²) in [7, 11) is -3.69. The lowest BCUT2D eigenvalue weighted by molar-refractivity contribution is -0.384. The van der Waals surface area contributed by atoms with E-state index in [9.17, 15) is 18.5 Å². The Balaban J connectivity index is 2.45. The molecule has 0 radical (unpaired) electrons. The van der Waals surface area contributed by atoms with E-state index < -0.39 is 14.9 Å². The zero-order chi connectivity index (χ0) is 14.2. The summed E-state index contributed by atoms with van der Waals surface area (Å²) >= 11 is 0. The molecule has 1 aliphatic carbocycles. The van der Waals surface area contributed by atoms with Gasteiger partial charge in [0.15, 0.2) is 0 Å². The van der Waals surface area contributed by atoms with Gasteiger partial charge in [0.05, 0.1) is 9.82 Å². The summed E-state index contributed by atoms with van der Waals surface area (Å²) in [6.45, 7) is 2.10. The Labute approximate surface area is 111 Å². The van der Waals surface area contributed by atoms with Crippen molar-refractivity contribution in [3.63, 3.8) is 0 Å². The average Bonchev–Trinajstić information content (AvgIpc) is 3.14. The lowest BCUT2D eigenvalue weighted by Gasteiger charge is -2.19. The fourth-order valence-electron chi connectivity index (χ4n) is 1.96. The van der Waals surface area contributed by atoms with Gasteiger partial charge in [-0.2, -0.15) is 4.31 Å². The molecular weight excluding hydrogens is 270 g/mol. The minimum atomic E-state index is -3.69. The van der Waals surface area contributed by atoms with Crippen LogP contribution in [0, 0.1) is 10.1 Å². The lowest BCUT2D eigenvalue weighted by atomic mass is 10.3. The molecule has 1 saturated carbocycles. The Bertz CT molecular complexity index is 610. The number of nitrogen functional groups attached to an aromatic ring is 1. The molecule has 2 rings (SSSR count). The van der Waals surface area contributed by atoms with E-state index in [4.69, 9.17) is 5.73 Å². The minimum Gasteiger partial charge on any atom is -0.393 e. The summed E-state index contributed by atoms with van der Waals surface area (Å²) in [5, 5.41) is 10.8. The molecule has 7 nitrogen and oxygen atoms in total. The molecule has 0 amide bonds. The summed E-state index contributed by atoms with van der Waals surface area (Å²) in [5.74, 6) is 0. The number of nitro groups is 1. The number of benzene rings is 1. The van der Waals surface area contributed by atoms with Crippen LogP contribution in [0.2, 0.25) is 0 Å². The van der Waals surface area contributed by atoms with E-state index in [0.717, 1.165) is 18.9 Å². The predicted molar refractivity (Wildman–Crippen MR) is 70.1 cm³/mol. The Morgan fingerprint density at radius 1 is 1.47 bits per heavy atom. The molecule has 1 aromatic rings. The quantitative estimate of drug-likeness (QED) is 0.499. The van der Waals surface area contributed by atoms with Gasteiger partial charge in [0, 0.05) is 18.7 Å². The monoisotopic (exact) mass is 285 g/mol. The fraction of sp³-hybridized carbons (Fsp3) is 0.455. The molecule has 1 aromatic carbocycles. The molecule has 19 heavy (non-hydrogen) atoms. The number of anilines is 1. The maximum atomic E-state index is 12.4. The van der Waals surface area contributed by atoms with Gasteiger partial charge in [0.25, 0.3) is 5.69 Å². The van der Waals surface area contributed by atoms with Crippen LogP contribution in [0.25, 0.3) is 0 Å². The van der Waals surface area contributed by atoms with Gasteiger partial charge in [-0.1, -0.05) is 6.92 Å². The van der Waals surface area contributed by atoms with E-state index in [1.807, 2.05) is 0 Å². The molecule has 0 unspecified atom stereocenters. The Kier molecular flexibility index (Phi) is 3.46. The van der Waals surface area contributed by atoms with Gasteiger partial charge in [0.1, 0.15) is 5.69 Å². The van der Waals surface area contributed by atoms with Gasteiger partial charge in [-0.25, -0.2) is 8.42 Å². The lowest BCUT2D eigenvalue weighted by Crippen LogP contribution is -2.32. The number of nitrogens with zero attached hydrogens (tertiary/aromatic N) is 2. The third-order valence-corrected chi connectivity index (χ3v) is 5.09. The minimum absolute atomic E-state index is 0.0200. The second-order valence-electron chi connectivity index (χ2n) is 4.42. The second kappa shape index (κ2) is 4.78. The summed E-state index contributed by atoms with van der Waals surface area (Å²) in [4.78, 5) is 10.0. The van der Waals surface area contributed by atoms with E-state index in [1.165, 1.54) is 16.4 Å². The molecule has 0 bridgehead atoms. The molecule has 8 heteroatoms. The van der Waals surface area contributed by atoms with Crippen LogP contribution in [0.4, 0.5) is 11.4 Å². The van der Waals surface area contributed by atoms with Crippen LogP contribution in [-0.2, 0) is 10.0 Å². The first-order chi connectivity index (χ1) is 8.87. The van der Waals surface area contributed by atoms with Crippen molar-refractivity contribution in [2.24, 2.45) is 0 Å². The second-order valence-corrected chi connectivity index (χ2v) is 6.31. The molecule has 1 aliphatic rings. The van der Waals surface area contributed by atoms with Gasteiger partial charge in [-0.05, 0) is 25.0 Å². The zero-order valence-electron chi connectivity index (χ0n) is 10.4. The molecule has 0 aromatic heterocycles. The molecule has 1 fully saturated rings. The number of rotatable bonds is 5. The van der Waals surface area contributed by atoms with Crippen LogP contribution >= 0.6 is 0 Å². The molecule has 0 atom stereocenters. The van der Waals surface area contributed by atoms with Crippen molar-refractivity contribution in [1.82, 2.24) is 4.31 Å². The first-order valence-electron chi connectivity index (χ1n) is 5.93. The standard InChI is InChI=1S/C11H15N3O4S/c1-2-13(8-3-4-8)19(17,18)9-5-6-10(12)11(7-9)14(15)16/h5-8H,2-4,12H2,1H3. The third kappa shape index (κ3) is 2.54. The topological polar surface area (TPSA) is 107 Å². The van der Waals surface area contributed by atoms with Gasteiger partial charge in [-0.3, -0.25) is 10.1 Å². The smallest absolute Gasteiger partial charge is 0.293 e. The van der Waals surface area contributed by atoms with Crippen molar-refractivity contribution >= 4 is 21.4 Å². The normalized spacial score (nSPS) is 15.7. The molecule has 0 saturated heterocycles. The van der Waals surface area contributed by atoms with Crippen LogP contribution in [0.3, 0.4) is 0 Å². The summed E-state index contributed by atoms with van der Waals surface area (Å²) in [6, 6.07) is 3.61. The molecule has 0 spiro atoms. The van der Waals surface area contributed by atoms with Gasteiger partial charge in [0.2, 0.25) is 10.0 Å². The van der Waals surface area contributed by atoms with Crippen molar-refractivity contribution in [2.45, 2.75) is 30.7 Å². The summed E-state index contributed by atoms with van der Waals surface area (Å²) in [5.41, 5.74) is 5.04. The molecule has 104 valence electrons. The van der Waals surface area contributed by atoms with Gasteiger partial charge >= 0.3 is 0 Å². The molecular formula is C11H15N3O4S. The highest BCUT2D eigenvalue weighted by atomic mass is 32.2. The average molecular weight is 285 g/mol. The van der Waals surface area contributed by atoms with E-state index in [2.05, 4.69) is 0 Å². The highest BCUT2D eigenvalue weighted by Gasteiger charge is 2.37. The van der Waals surface area contributed by atoms with Crippen molar-refractivity contribution in [1.29, 1.82) is 0 Å². The third-order valence-electron chi connectivity index (χ3n) is 3.07. The largest absolute Gasteiger partial charge is 0.393 e. The van der Waals surface area contributed by atoms with E-state index >= 15 is 0 Å². The van der Waals surface area contributed by atoms with Gasteiger partial charge in [-0.15, -0.1) is 0 Å². The van der Waals surface area contributed by atoms with E-state index in [0.29, 0.717) is 6.54 Å². The van der Waals surface area contributed by atoms with E-state index in [-0.39, 0.29) is 22.3 Å². The summed E-state index contributed by atoms with van der Waals surface area (Å²) in [6.07, 6.45) is 1.67. The maximum absolute atomic E-state index is 12.4. The molecule has 0 aliphatic heterocycles. The molecule has 0 heterocycles. The van der Waals surface area contributed by atoms with Crippen LogP contribution in [0.5, 0.6) is 0 Å². The van der Waals surface area contributed by atoms with Crippen LogP contribution in [0.1, 0.15) is 19.8 Å². The van der Waals surface area contributed by atoms with Crippen molar-refractivity contribution in [3.05, 3.63) is 28.3 Å². The number of nitro benzene ring substituents is 1. The molecule has 2 N–H and O–H groups in total. The zero-order valence-corrected chi connectivity index (χ0v) is 11.3. The Morgan fingerprint density at radius 3 is 2.58 bits per heavy atom. The fourth-order valence-corrected chi connectivity index (χ4v) is 3.68. The predicted octanol–water partition coefficient (Wildman–Crippen LogP) is 1.35. The van der Waals surface area contributed by atoms with Crippen LogP contribution < -0.4 is 5.73 Å². The highest BCUT2D eigenvalue weighted by Crippen LogP contribution is 2.33. The number of nitrogens with two attached hydrogens (primary N) is 1. The maximum Gasteiger partial charge on any atom is 0.293 e. The van der Waals surface area contributed by atoms with Gasteiger partial charge < -0.3 is 5.73 Å². The first-order valence-corrected chi connectivity index (χ1v) is 7.37. The van der Waals surface area contributed by atoms with Crippen molar-refractivity contribution in [2.75, 3.05) is 12.3 Å². The number of hydrogen-bond donors (Lipinski definition) is 1. The SMILES string of the molecule is CCN(C1CC1)S(=O)(=O)c1ccc(N)c([N+](=O)[O-])c1. The first kappa shape index (κ1) is 13.8. The van der Waals surface area contributed by atoms with E-state index in [1.54, 1.807) is 6.92 Å². The highest BCUT2D eigenvalue weighted by molar-refractivity contribution is 7.89. The van der Waals surface area contributed by atoms with Crippen LogP contribution in [0.15, 0.2) is 23.1 Å². The van der Waals surface area contributed by atoms with Crippen molar-refractivity contribution in [3.8, 4) is 0 Å². The number of sulfonamides is 1. The number of hydrogen-bond acceptors (Lipinski definition) is 5. The van der Waals surface area contributed by atoms with Crippen molar-refractivity contribution < 1.29 is 13.3 Å². The Hall–Kier alpha value is -1.67.